The summed E-state index contributed by atoms with van der Waals surface area (Å²) in [6.07, 6.45) is 5.36. The van der Waals surface area contributed by atoms with E-state index in [9.17, 15) is 5.11 Å². The van der Waals surface area contributed by atoms with Crippen LogP contribution < -0.4 is 0 Å². The number of aliphatic hydroxyl groups excluding tert-OH is 1. The van der Waals surface area contributed by atoms with Crippen molar-refractivity contribution < 1.29 is 5.11 Å². The molecule has 5 nitrogen and oxygen atoms in total. The fourth-order valence-corrected chi connectivity index (χ4v) is 1.17. The van der Waals surface area contributed by atoms with Gasteiger partial charge in [-0.15, -0.1) is 6.58 Å². The van der Waals surface area contributed by atoms with Gasteiger partial charge in [-0.25, -0.2) is 14.6 Å². The normalized spacial score (nSPS) is 12.3. The molecule has 0 aliphatic rings. The maximum atomic E-state index is 9.46. The van der Waals surface area contributed by atoms with Crippen LogP contribution in [0, 0.1) is 0 Å². The van der Waals surface area contributed by atoms with Crippen LogP contribution in [0.1, 0.15) is 11.7 Å². The van der Waals surface area contributed by atoms with Crippen molar-refractivity contribution in [3.63, 3.8) is 0 Å². The Morgan fingerprint density at radius 1 is 1.47 bits per heavy atom. The molecule has 2 heterocycles. The van der Waals surface area contributed by atoms with Gasteiger partial charge in [-0.3, -0.25) is 0 Å². The van der Waals surface area contributed by atoms with E-state index in [1.54, 1.807) is 29.3 Å². The highest BCUT2D eigenvalue weighted by Crippen LogP contribution is 2.13. The van der Waals surface area contributed by atoms with Crippen LogP contribution in [-0.4, -0.2) is 24.9 Å². The molecule has 0 fully saturated rings. The van der Waals surface area contributed by atoms with Crippen molar-refractivity contribution >= 4 is 0 Å². The van der Waals surface area contributed by atoms with Crippen LogP contribution >= 0.6 is 0 Å². The minimum Gasteiger partial charge on any atom is -0.384 e. The summed E-state index contributed by atoms with van der Waals surface area (Å²) in [4.78, 5) is 7.96. The Balaban J connectivity index is 2.28. The standard InChI is InChI=1S/C10H10N4O/c1-2-9(15)8-3-4-10(12-5-8)14-7-11-6-13-14/h2-7,9,15H,1H2. The number of hydrogen-bond acceptors (Lipinski definition) is 4. The molecule has 1 unspecified atom stereocenters. The molecule has 1 atom stereocenters. The van der Waals surface area contributed by atoms with Gasteiger partial charge < -0.3 is 5.11 Å². The molecule has 0 aliphatic carbocycles. The lowest BCUT2D eigenvalue weighted by atomic mass is 10.2. The first-order chi connectivity index (χ1) is 7.31. The van der Waals surface area contributed by atoms with E-state index >= 15 is 0 Å². The molecule has 0 aliphatic heterocycles. The molecule has 0 amide bonds. The minimum absolute atomic E-state index is 0.660. The average Bonchev–Trinajstić information content (AvgIpc) is 2.82. The lowest BCUT2D eigenvalue weighted by Gasteiger charge is -2.05. The highest BCUT2D eigenvalue weighted by atomic mass is 16.3. The molecule has 0 aromatic carbocycles. The SMILES string of the molecule is C=CC(O)c1ccc(-n2cncn2)nc1. The summed E-state index contributed by atoms with van der Waals surface area (Å²) in [6.45, 7) is 3.50. The number of pyridine rings is 1. The van der Waals surface area contributed by atoms with Crippen LogP contribution in [0.5, 0.6) is 0 Å². The fraction of sp³-hybridized carbons (Fsp3) is 0.100. The largest absolute Gasteiger partial charge is 0.384 e. The second kappa shape index (κ2) is 4.02. The van der Waals surface area contributed by atoms with Gasteiger partial charge in [-0.1, -0.05) is 12.1 Å². The summed E-state index contributed by atoms with van der Waals surface area (Å²) in [5.41, 5.74) is 0.703. The Labute approximate surface area is 86.7 Å². The van der Waals surface area contributed by atoms with Crippen LogP contribution in [0.2, 0.25) is 0 Å². The van der Waals surface area contributed by atoms with E-state index < -0.39 is 6.10 Å². The maximum Gasteiger partial charge on any atom is 0.155 e. The van der Waals surface area contributed by atoms with E-state index in [1.165, 1.54) is 12.4 Å². The summed E-state index contributed by atoms with van der Waals surface area (Å²) in [5, 5.41) is 13.4. The van der Waals surface area contributed by atoms with Gasteiger partial charge in [0.2, 0.25) is 0 Å². The average molecular weight is 202 g/mol. The summed E-state index contributed by atoms with van der Waals surface area (Å²) in [6, 6.07) is 3.53. The summed E-state index contributed by atoms with van der Waals surface area (Å²) < 4.78 is 1.55. The molecule has 0 saturated carbocycles. The predicted molar refractivity (Wildman–Crippen MR) is 54.3 cm³/mol. The van der Waals surface area contributed by atoms with Gasteiger partial charge in [-0.2, -0.15) is 5.10 Å². The van der Waals surface area contributed by atoms with E-state index in [2.05, 4.69) is 21.6 Å². The monoisotopic (exact) mass is 202 g/mol. The van der Waals surface area contributed by atoms with Crippen molar-refractivity contribution in [2.75, 3.05) is 0 Å². The molecule has 15 heavy (non-hydrogen) atoms. The van der Waals surface area contributed by atoms with Gasteiger partial charge >= 0.3 is 0 Å². The summed E-state index contributed by atoms with van der Waals surface area (Å²) in [7, 11) is 0. The first-order valence-electron chi connectivity index (χ1n) is 4.43. The molecule has 5 heteroatoms. The van der Waals surface area contributed by atoms with E-state index in [0.29, 0.717) is 11.4 Å². The minimum atomic E-state index is -0.678. The highest BCUT2D eigenvalue weighted by molar-refractivity contribution is 5.26. The van der Waals surface area contributed by atoms with Crippen molar-refractivity contribution in [2.45, 2.75) is 6.10 Å². The lowest BCUT2D eigenvalue weighted by molar-refractivity contribution is 0.228. The molecule has 0 bridgehead atoms. The topological polar surface area (TPSA) is 63.8 Å². The molecule has 2 aromatic heterocycles. The smallest absolute Gasteiger partial charge is 0.155 e. The molecule has 76 valence electrons. The van der Waals surface area contributed by atoms with Gasteiger partial charge in [0.05, 0.1) is 6.10 Å². The highest BCUT2D eigenvalue weighted by Gasteiger charge is 2.03. The molecular formula is C10H10N4O. The number of aromatic nitrogens is 4. The third-order valence-electron chi connectivity index (χ3n) is 1.99. The van der Waals surface area contributed by atoms with Crippen molar-refractivity contribution in [1.82, 2.24) is 19.7 Å². The Hall–Kier alpha value is -2.01. The third-order valence-corrected chi connectivity index (χ3v) is 1.99. The molecule has 0 radical (unpaired) electrons. The van der Waals surface area contributed by atoms with E-state index in [0.717, 1.165) is 0 Å². The molecule has 2 aromatic rings. The van der Waals surface area contributed by atoms with Crippen molar-refractivity contribution in [2.24, 2.45) is 0 Å². The Bertz CT molecular complexity index is 435. The predicted octanol–water partition coefficient (Wildman–Crippen LogP) is 0.882. The zero-order valence-electron chi connectivity index (χ0n) is 7.98. The zero-order valence-corrected chi connectivity index (χ0v) is 7.98. The summed E-state index contributed by atoms with van der Waals surface area (Å²) in [5.74, 6) is 0.660. The van der Waals surface area contributed by atoms with Crippen molar-refractivity contribution in [3.05, 3.63) is 49.2 Å². The number of aliphatic hydroxyl groups is 1. The second-order valence-corrected chi connectivity index (χ2v) is 2.97. The van der Waals surface area contributed by atoms with E-state index in [-0.39, 0.29) is 0 Å². The zero-order chi connectivity index (χ0) is 10.7. The molecule has 0 spiro atoms. The van der Waals surface area contributed by atoms with Gasteiger partial charge in [0.15, 0.2) is 5.82 Å². The van der Waals surface area contributed by atoms with Gasteiger partial charge in [0.25, 0.3) is 0 Å². The van der Waals surface area contributed by atoms with Crippen LogP contribution in [0.25, 0.3) is 5.82 Å². The van der Waals surface area contributed by atoms with Crippen molar-refractivity contribution in [1.29, 1.82) is 0 Å². The van der Waals surface area contributed by atoms with Crippen LogP contribution in [0.3, 0.4) is 0 Å². The first kappa shape index (κ1) is 9.54. The lowest BCUT2D eigenvalue weighted by Crippen LogP contribution is -2.00. The first-order valence-corrected chi connectivity index (χ1v) is 4.43. The second-order valence-electron chi connectivity index (χ2n) is 2.97. The molecule has 1 N–H and O–H groups in total. The van der Waals surface area contributed by atoms with Crippen LogP contribution in [-0.2, 0) is 0 Å². The summed E-state index contributed by atoms with van der Waals surface area (Å²) >= 11 is 0. The molecule has 0 saturated heterocycles. The van der Waals surface area contributed by atoms with E-state index in [1.807, 2.05) is 0 Å². The quantitative estimate of drug-likeness (QED) is 0.750. The fourth-order valence-electron chi connectivity index (χ4n) is 1.17. The molecule has 2 rings (SSSR count). The number of nitrogens with zero attached hydrogens (tertiary/aromatic N) is 4. The van der Waals surface area contributed by atoms with Crippen LogP contribution in [0.4, 0.5) is 0 Å². The maximum absolute atomic E-state index is 9.46. The Morgan fingerprint density at radius 3 is 2.87 bits per heavy atom. The van der Waals surface area contributed by atoms with E-state index in [4.69, 9.17) is 0 Å². The molecular weight excluding hydrogens is 192 g/mol. The Kier molecular flexibility index (Phi) is 2.55. The van der Waals surface area contributed by atoms with Gasteiger partial charge in [0, 0.05) is 11.8 Å². The van der Waals surface area contributed by atoms with Crippen molar-refractivity contribution in [3.8, 4) is 5.82 Å². The number of hydrogen-bond donors (Lipinski definition) is 1. The van der Waals surface area contributed by atoms with Gasteiger partial charge in [0.1, 0.15) is 12.7 Å². The third kappa shape index (κ3) is 1.92. The Morgan fingerprint density at radius 2 is 2.33 bits per heavy atom. The van der Waals surface area contributed by atoms with Crippen LogP contribution in [0.15, 0.2) is 43.6 Å². The van der Waals surface area contributed by atoms with Gasteiger partial charge in [-0.05, 0) is 6.07 Å². The number of rotatable bonds is 3.